The number of nitrogens with zero attached hydrogens (tertiary/aromatic N) is 1. The van der Waals surface area contributed by atoms with E-state index in [1.807, 2.05) is 36.4 Å². The third-order valence-electron chi connectivity index (χ3n) is 8.39. The highest BCUT2D eigenvalue weighted by Crippen LogP contribution is 2.39. The van der Waals surface area contributed by atoms with Gasteiger partial charge in [0.05, 0.1) is 5.41 Å². The van der Waals surface area contributed by atoms with Crippen LogP contribution in [0.1, 0.15) is 56.1 Å². The number of carbonyl (C=O) groups excluding carboxylic acids is 2. The number of piperidine rings is 1. The van der Waals surface area contributed by atoms with Gasteiger partial charge in [-0.2, -0.15) is 0 Å². The van der Waals surface area contributed by atoms with Crippen molar-refractivity contribution >= 4 is 17.8 Å². The summed E-state index contributed by atoms with van der Waals surface area (Å²) in [6.07, 6.45) is 7.36. The van der Waals surface area contributed by atoms with Crippen molar-refractivity contribution in [2.45, 2.75) is 69.9 Å². The Morgan fingerprint density at radius 1 is 0.974 bits per heavy atom. The van der Waals surface area contributed by atoms with E-state index in [0.717, 1.165) is 37.1 Å². The number of carboxylic acids is 1. The molecule has 0 aromatic heterocycles. The van der Waals surface area contributed by atoms with Gasteiger partial charge in [-0.05, 0) is 80.6 Å². The van der Waals surface area contributed by atoms with Crippen LogP contribution < -0.4 is 15.4 Å². The molecule has 2 aromatic rings. The number of benzene rings is 2. The van der Waals surface area contributed by atoms with E-state index < -0.39 is 23.3 Å². The zero-order valence-corrected chi connectivity index (χ0v) is 21.8. The van der Waals surface area contributed by atoms with Crippen molar-refractivity contribution in [2.24, 2.45) is 5.41 Å². The summed E-state index contributed by atoms with van der Waals surface area (Å²) < 4.78 is 6.10. The Morgan fingerprint density at radius 3 is 2.42 bits per heavy atom. The average Bonchev–Trinajstić information content (AvgIpc) is 3.44. The van der Waals surface area contributed by atoms with Crippen molar-refractivity contribution in [3.8, 4) is 11.5 Å². The molecule has 1 aliphatic carbocycles. The summed E-state index contributed by atoms with van der Waals surface area (Å²) in [6, 6.07) is 14.7. The Labute approximate surface area is 223 Å². The molecular weight excluding hydrogens is 482 g/mol. The van der Waals surface area contributed by atoms with Gasteiger partial charge in [0.1, 0.15) is 17.5 Å². The molecule has 2 amide bonds. The van der Waals surface area contributed by atoms with Gasteiger partial charge < -0.3 is 25.4 Å². The van der Waals surface area contributed by atoms with E-state index in [9.17, 15) is 19.5 Å². The zero-order chi connectivity index (χ0) is 26.5. The van der Waals surface area contributed by atoms with Crippen LogP contribution >= 0.6 is 0 Å². The van der Waals surface area contributed by atoms with E-state index in [0.29, 0.717) is 24.0 Å². The highest BCUT2D eigenvalue weighted by molar-refractivity contribution is 5.86. The molecule has 38 heavy (non-hydrogen) atoms. The van der Waals surface area contributed by atoms with Crippen LogP contribution in [0.2, 0.25) is 0 Å². The number of hydrogen-bond donors (Lipinski definition) is 3. The maximum Gasteiger partial charge on any atom is 0.326 e. The molecule has 8 heteroatoms. The summed E-state index contributed by atoms with van der Waals surface area (Å²) in [4.78, 5) is 40.6. The summed E-state index contributed by atoms with van der Waals surface area (Å²) in [5.74, 6) is -0.182. The normalized spacial score (nSPS) is 23.2. The quantitative estimate of drug-likeness (QED) is 0.559. The maximum atomic E-state index is 13.7. The van der Waals surface area contributed by atoms with Gasteiger partial charge in [-0.15, -0.1) is 0 Å². The zero-order valence-electron chi connectivity index (χ0n) is 21.8. The summed E-state index contributed by atoms with van der Waals surface area (Å²) in [7, 11) is 0. The number of hydrogen-bond acceptors (Lipinski definition) is 5. The molecule has 3 N–H and O–H groups in total. The number of ether oxygens (including phenoxy) is 1. The molecule has 1 saturated heterocycles. The largest absolute Gasteiger partial charge is 0.480 e. The second kappa shape index (κ2) is 11.6. The van der Waals surface area contributed by atoms with Gasteiger partial charge in [0, 0.05) is 25.4 Å². The Morgan fingerprint density at radius 2 is 1.71 bits per heavy atom. The van der Waals surface area contributed by atoms with Gasteiger partial charge in [0.25, 0.3) is 0 Å². The van der Waals surface area contributed by atoms with Crippen molar-refractivity contribution in [1.29, 1.82) is 0 Å². The number of fused-ring (bicyclic) bond motifs is 9. The van der Waals surface area contributed by atoms with Crippen molar-refractivity contribution in [1.82, 2.24) is 15.5 Å². The molecule has 4 aliphatic rings. The molecule has 1 spiro atoms. The van der Waals surface area contributed by atoms with Crippen LogP contribution in [-0.2, 0) is 27.2 Å². The molecule has 6 rings (SSSR count). The maximum absolute atomic E-state index is 13.7. The van der Waals surface area contributed by atoms with Crippen molar-refractivity contribution in [3.05, 3.63) is 59.7 Å². The first kappa shape index (κ1) is 26.2. The van der Waals surface area contributed by atoms with Gasteiger partial charge in [-0.3, -0.25) is 9.59 Å². The Balaban J connectivity index is 1.40. The van der Waals surface area contributed by atoms with Crippen molar-refractivity contribution in [3.63, 3.8) is 0 Å². The molecular formula is C30H37N3O5. The summed E-state index contributed by atoms with van der Waals surface area (Å²) >= 11 is 0. The molecule has 4 bridgehead atoms. The number of nitrogens with one attached hydrogen (secondary N) is 2. The first-order valence-corrected chi connectivity index (χ1v) is 13.8. The number of carboxylic acid groups (broad SMARTS) is 1. The standard InChI is InChI=1S/C30H37N3O5/c34-27-12-15-31-29(37)30(13-16-33(17-14-30)23-5-1-2-6-23)20-22-4-3-7-25(18-22)38-24-10-8-21(9-11-24)19-26(32-27)28(35)36/h3-4,7-11,18,23,26H,1-2,5-6,12-17,19-20H2,(H,31,37)(H,32,34)(H,35,36)/t26-/m0/s1. The van der Waals surface area contributed by atoms with Gasteiger partial charge in [-0.1, -0.05) is 37.1 Å². The number of likely N-dealkylation sites (tertiary alicyclic amines) is 1. The lowest BCUT2D eigenvalue weighted by Crippen LogP contribution is -2.52. The summed E-state index contributed by atoms with van der Waals surface area (Å²) in [6.45, 7) is 1.95. The minimum absolute atomic E-state index is 0.0298. The number of carbonyl (C=O) groups is 3. The second-order valence-corrected chi connectivity index (χ2v) is 11.0. The minimum Gasteiger partial charge on any atom is -0.480 e. The van der Waals surface area contributed by atoms with Gasteiger partial charge in [-0.25, -0.2) is 4.79 Å². The summed E-state index contributed by atoms with van der Waals surface area (Å²) in [5.41, 5.74) is 1.26. The van der Waals surface area contributed by atoms with Gasteiger partial charge in [0.15, 0.2) is 0 Å². The van der Waals surface area contributed by atoms with Crippen molar-refractivity contribution in [2.75, 3.05) is 19.6 Å². The first-order valence-electron chi connectivity index (χ1n) is 13.8. The molecule has 0 unspecified atom stereocenters. The highest BCUT2D eigenvalue weighted by atomic mass is 16.5. The molecule has 202 valence electrons. The smallest absolute Gasteiger partial charge is 0.326 e. The van der Waals surface area contributed by atoms with Crippen LogP contribution in [0.5, 0.6) is 11.5 Å². The second-order valence-electron chi connectivity index (χ2n) is 11.0. The third kappa shape index (κ3) is 6.18. The first-order chi connectivity index (χ1) is 18.4. The third-order valence-corrected chi connectivity index (χ3v) is 8.39. The predicted octanol–water partition coefficient (Wildman–Crippen LogP) is 3.68. The van der Waals surface area contributed by atoms with E-state index >= 15 is 0 Å². The molecule has 3 aliphatic heterocycles. The van der Waals surface area contributed by atoms with Gasteiger partial charge in [0.2, 0.25) is 11.8 Å². The molecule has 1 saturated carbocycles. The Hall–Kier alpha value is -3.39. The fourth-order valence-corrected chi connectivity index (χ4v) is 6.19. The SMILES string of the molecule is O=C1CCNC(=O)C2(CCN(C3CCCC3)CC2)Cc2cccc(c2)Oc2ccc(cc2)C[C@@H](C(=O)O)N1. The van der Waals surface area contributed by atoms with Crippen LogP contribution in [0.25, 0.3) is 0 Å². The fraction of sp³-hybridized carbons (Fsp3) is 0.500. The van der Waals surface area contributed by atoms with Crippen LogP contribution in [0, 0.1) is 5.41 Å². The minimum atomic E-state index is -1.10. The number of aliphatic carboxylic acids is 1. The number of amides is 2. The van der Waals surface area contributed by atoms with E-state index in [-0.39, 0.29) is 25.3 Å². The van der Waals surface area contributed by atoms with Crippen LogP contribution in [-0.4, -0.2) is 59.5 Å². The van der Waals surface area contributed by atoms with Crippen LogP contribution in [0.15, 0.2) is 48.5 Å². The molecule has 3 heterocycles. The lowest BCUT2D eigenvalue weighted by Gasteiger charge is -2.43. The van der Waals surface area contributed by atoms with E-state index in [1.165, 1.54) is 25.7 Å². The molecule has 2 aromatic carbocycles. The van der Waals surface area contributed by atoms with Crippen molar-refractivity contribution < 1.29 is 24.2 Å². The topological polar surface area (TPSA) is 108 Å². The lowest BCUT2D eigenvalue weighted by molar-refractivity contribution is -0.142. The fourth-order valence-electron chi connectivity index (χ4n) is 6.19. The summed E-state index contributed by atoms with van der Waals surface area (Å²) in [5, 5.41) is 15.3. The Bertz CT molecular complexity index is 1150. The molecule has 0 radical (unpaired) electrons. The average molecular weight is 520 g/mol. The Kier molecular flexibility index (Phi) is 7.98. The highest BCUT2D eigenvalue weighted by Gasteiger charge is 2.42. The van der Waals surface area contributed by atoms with Gasteiger partial charge >= 0.3 is 5.97 Å². The van der Waals surface area contributed by atoms with E-state index in [4.69, 9.17) is 4.74 Å². The molecule has 2 fully saturated rings. The monoisotopic (exact) mass is 519 g/mol. The molecule has 8 nitrogen and oxygen atoms in total. The lowest BCUT2D eigenvalue weighted by atomic mass is 9.72. The van der Waals surface area contributed by atoms with Crippen LogP contribution in [0.3, 0.4) is 0 Å². The predicted molar refractivity (Wildman–Crippen MR) is 143 cm³/mol. The number of rotatable bonds is 2. The molecule has 1 atom stereocenters. The van der Waals surface area contributed by atoms with E-state index in [2.05, 4.69) is 15.5 Å². The van der Waals surface area contributed by atoms with Crippen LogP contribution in [0.4, 0.5) is 0 Å². The van der Waals surface area contributed by atoms with E-state index in [1.54, 1.807) is 12.1 Å².